The van der Waals surface area contributed by atoms with Crippen LogP contribution in [0.4, 0.5) is 5.69 Å². The zero-order chi connectivity index (χ0) is 26.1. The summed E-state index contributed by atoms with van der Waals surface area (Å²) in [5, 5.41) is 26.3. The molecule has 1 spiro atoms. The number of amides is 3. The second kappa shape index (κ2) is 8.33. The summed E-state index contributed by atoms with van der Waals surface area (Å²) >= 11 is 6.49. The maximum Gasteiger partial charge on any atom is 0.250 e. The highest BCUT2D eigenvalue weighted by molar-refractivity contribution is 6.35. The number of benzene rings is 3. The van der Waals surface area contributed by atoms with Crippen molar-refractivity contribution < 1.29 is 24.6 Å². The van der Waals surface area contributed by atoms with Gasteiger partial charge in [-0.3, -0.25) is 24.6 Å². The molecule has 3 aromatic carbocycles. The minimum atomic E-state index is -1.47. The largest absolute Gasteiger partial charge is 0.504 e. The van der Waals surface area contributed by atoms with Gasteiger partial charge in [-0.2, -0.15) is 0 Å². The van der Waals surface area contributed by atoms with E-state index in [0.29, 0.717) is 21.8 Å². The molecule has 2 unspecified atom stereocenters. The topological polar surface area (TPSA) is 119 Å². The van der Waals surface area contributed by atoms with Gasteiger partial charge in [-0.1, -0.05) is 54.1 Å². The zero-order valence-electron chi connectivity index (χ0n) is 19.9. The first-order valence-corrected chi connectivity index (χ1v) is 12.4. The number of halogens is 1. The van der Waals surface area contributed by atoms with Crippen LogP contribution in [-0.2, 0) is 32.9 Å². The van der Waals surface area contributed by atoms with Crippen LogP contribution in [0, 0.1) is 18.8 Å². The van der Waals surface area contributed by atoms with E-state index in [0.717, 1.165) is 11.1 Å². The van der Waals surface area contributed by atoms with E-state index in [-0.39, 0.29) is 30.4 Å². The highest BCUT2D eigenvalue weighted by Gasteiger charge is 2.70. The normalized spacial score (nSPS) is 26.1. The maximum absolute atomic E-state index is 14.0. The first-order valence-electron chi connectivity index (χ1n) is 12.0. The third-order valence-electron chi connectivity index (χ3n) is 7.69. The fraction of sp³-hybridized carbons (Fsp3) is 0.250. The van der Waals surface area contributed by atoms with E-state index in [2.05, 4.69) is 10.6 Å². The Morgan fingerprint density at radius 2 is 1.70 bits per heavy atom. The van der Waals surface area contributed by atoms with E-state index < -0.39 is 35.2 Å². The lowest BCUT2D eigenvalue weighted by Gasteiger charge is -2.30. The fourth-order valence-electron chi connectivity index (χ4n) is 6.10. The lowest BCUT2D eigenvalue weighted by Crippen LogP contribution is -2.53. The van der Waals surface area contributed by atoms with Crippen molar-refractivity contribution >= 4 is 35.0 Å². The summed E-state index contributed by atoms with van der Waals surface area (Å²) in [5.74, 6) is -3.52. The van der Waals surface area contributed by atoms with E-state index >= 15 is 0 Å². The average molecular weight is 518 g/mol. The Morgan fingerprint density at radius 3 is 2.43 bits per heavy atom. The molecular formula is C28H24ClN3O5. The van der Waals surface area contributed by atoms with Gasteiger partial charge >= 0.3 is 0 Å². The number of carbonyl (C=O) groups is 3. The molecule has 3 heterocycles. The highest BCUT2D eigenvalue weighted by Crippen LogP contribution is 2.55. The molecule has 3 aliphatic rings. The van der Waals surface area contributed by atoms with Gasteiger partial charge in [0.05, 0.1) is 29.1 Å². The van der Waals surface area contributed by atoms with Crippen LogP contribution in [0.15, 0.2) is 60.7 Å². The van der Waals surface area contributed by atoms with Crippen LogP contribution >= 0.6 is 11.6 Å². The molecule has 0 radical (unpaired) electrons. The minimum Gasteiger partial charge on any atom is -0.504 e. The molecule has 0 aromatic heterocycles. The number of imide groups is 1. The van der Waals surface area contributed by atoms with Gasteiger partial charge in [0.15, 0.2) is 11.5 Å². The monoisotopic (exact) mass is 517 g/mol. The number of nitrogens with zero attached hydrogens (tertiary/aromatic N) is 1. The number of likely N-dealkylation sites (tertiary alicyclic amines) is 1. The number of hydrogen-bond acceptors (Lipinski definition) is 6. The summed E-state index contributed by atoms with van der Waals surface area (Å²) in [7, 11) is 0. The molecule has 0 aliphatic carbocycles. The highest BCUT2D eigenvalue weighted by atomic mass is 35.5. The summed E-state index contributed by atoms with van der Waals surface area (Å²) in [6.07, 6.45) is 0.247. The molecule has 0 saturated carbocycles. The van der Waals surface area contributed by atoms with Crippen LogP contribution < -0.4 is 10.6 Å². The molecule has 3 aliphatic heterocycles. The van der Waals surface area contributed by atoms with Crippen LogP contribution in [0.3, 0.4) is 0 Å². The first-order chi connectivity index (χ1) is 17.7. The minimum absolute atomic E-state index is 0.108. The Morgan fingerprint density at radius 1 is 0.946 bits per heavy atom. The number of carbonyl (C=O) groups excluding carboxylic acids is 3. The van der Waals surface area contributed by atoms with Crippen LogP contribution in [0.2, 0.25) is 5.02 Å². The van der Waals surface area contributed by atoms with Gasteiger partial charge in [0.1, 0.15) is 5.54 Å². The molecule has 6 rings (SSSR count). The molecule has 3 amide bonds. The molecule has 0 bridgehead atoms. The number of anilines is 1. The predicted molar refractivity (Wildman–Crippen MR) is 136 cm³/mol. The fourth-order valence-corrected chi connectivity index (χ4v) is 6.42. The van der Waals surface area contributed by atoms with E-state index in [1.807, 2.05) is 43.3 Å². The van der Waals surface area contributed by atoms with Crippen molar-refractivity contribution in [3.8, 4) is 11.5 Å². The van der Waals surface area contributed by atoms with Crippen molar-refractivity contribution in [2.24, 2.45) is 11.8 Å². The number of phenolic OH excluding ortho intramolecular Hbond substituents is 2. The molecule has 3 aromatic rings. The van der Waals surface area contributed by atoms with Crippen LogP contribution in [-0.4, -0.2) is 38.9 Å². The number of nitrogens with one attached hydrogen (secondary N) is 2. The molecule has 2 saturated heterocycles. The van der Waals surface area contributed by atoms with E-state index in [9.17, 15) is 24.6 Å². The second-order valence-electron chi connectivity index (χ2n) is 9.96. The number of aromatic hydroxyl groups is 2. The van der Waals surface area contributed by atoms with Crippen molar-refractivity contribution in [1.82, 2.24) is 10.2 Å². The number of aryl methyl sites for hydroxylation is 1. The van der Waals surface area contributed by atoms with Gasteiger partial charge in [0, 0.05) is 11.6 Å². The smallest absolute Gasteiger partial charge is 0.250 e. The molecular weight excluding hydrogens is 494 g/mol. The lowest BCUT2D eigenvalue weighted by molar-refractivity contribution is -0.143. The van der Waals surface area contributed by atoms with E-state index in [1.54, 1.807) is 12.1 Å². The lowest BCUT2D eigenvalue weighted by atomic mass is 9.76. The van der Waals surface area contributed by atoms with E-state index in [4.69, 9.17) is 11.6 Å². The van der Waals surface area contributed by atoms with Crippen LogP contribution in [0.1, 0.15) is 22.3 Å². The number of rotatable bonds is 4. The van der Waals surface area contributed by atoms with Gasteiger partial charge in [-0.15, -0.1) is 0 Å². The molecule has 37 heavy (non-hydrogen) atoms. The number of fused-ring (bicyclic) bond motifs is 4. The molecule has 8 nitrogen and oxygen atoms in total. The van der Waals surface area contributed by atoms with Gasteiger partial charge in [0.25, 0.3) is 0 Å². The van der Waals surface area contributed by atoms with Gasteiger partial charge in [0.2, 0.25) is 17.7 Å². The Balaban J connectivity index is 1.47. The average Bonchev–Trinajstić information content (AvgIpc) is 3.43. The van der Waals surface area contributed by atoms with E-state index in [1.165, 1.54) is 17.0 Å². The molecule has 9 heteroatoms. The van der Waals surface area contributed by atoms with Crippen molar-refractivity contribution in [1.29, 1.82) is 0 Å². The summed E-state index contributed by atoms with van der Waals surface area (Å²) in [4.78, 5) is 42.7. The summed E-state index contributed by atoms with van der Waals surface area (Å²) in [5.41, 5.74) is 1.79. The van der Waals surface area contributed by atoms with Crippen molar-refractivity contribution in [3.05, 3.63) is 87.9 Å². The van der Waals surface area contributed by atoms with Gasteiger partial charge in [-0.05, 0) is 48.2 Å². The van der Waals surface area contributed by atoms with Crippen molar-refractivity contribution in [2.75, 3.05) is 5.32 Å². The Hall–Kier alpha value is -3.88. The standard InChI is InChI=1S/C28H24ClN3O5/c1-14-9-17-24(18(29)10-14)30-27(37)28(17)23-22(19(31-28)11-16-7-8-20(33)21(34)12-16)25(35)32(26(23)36)13-15-5-3-2-4-6-15/h2-10,12,19,22-23,31,33-34H,11,13H2,1H3,(H,30,37)/t19?,22-,23+,28?/m1/s1. The summed E-state index contributed by atoms with van der Waals surface area (Å²) < 4.78 is 0. The zero-order valence-corrected chi connectivity index (χ0v) is 20.6. The van der Waals surface area contributed by atoms with Crippen LogP contribution in [0.25, 0.3) is 0 Å². The SMILES string of the molecule is Cc1cc(Cl)c2c(c1)C1(NC(Cc3ccc(O)c(O)c3)[C@H]3C(=O)N(Cc4ccccc4)C(=O)[C@H]31)C(=O)N2. The number of phenols is 2. The Labute approximate surface area is 217 Å². The van der Waals surface area contributed by atoms with Crippen molar-refractivity contribution in [2.45, 2.75) is 31.5 Å². The first kappa shape index (κ1) is 23.5. The summed E-state index contributed by atoms with van der Waals surface area (Å²) in [6.45, 7) is 1.96. The van der Waals surface area contributed by atoms with Gasteiger partial charge < -0.3 is 15.5 Å². The third kappa shape index (κ3) is 3.43. The maximum atomic E-state index is 14.0. The molecule has 4 N–H and O–H groups in total. The molecule has 188 valence electrons. The predicted octanol–water partition coefficient (Wildman–Crippen LogP) is 3.22. The Kier molecular flexibility index (Phi) is 5.29. The molecule has 4 atom stereocenters. The van der Waals surface area contributed by atoms with Gasteiger partial charge in [-0.25, -0.2) is 0 Å². The van der Waals surface area contributed by atoms with Crippen LogP contribution in [0.5, 0.6) is 11.5 Å². The second-order valence-corrected chi connectivity index (χ2v) is 10.4. The number of hydrogen-bond donors (Lipinski definition) is 4. The molecule has 2 fully saturated rings. The third-order valence-corrected chi connectivity index (χ3v) is 7.99. The van der Waals surface area contributed by atoms with Crippen molar-refractivity contribution in [3.63, 3.8) is 0 Å². The summed E-state index contributed by atoms with van der Waals surface area (Å²) in [6, 6.07) is 16.7. The quantitative estimate of drug-likeness (QED) is 0.312. The Bertz CT molecular complexity index is 1480.